The van der Waals surface area contributed by atoms with Crippen LogP contribution >= 0.6 is 11.6 Å². The van der Waals surface area contributed by atoms with E-state index in [0.717, 1.165) is 23.4 Å². The first-order valence-electron chi connectivity index (χ1n) is 7.52. The molecule has 0 unspecified atom stereocenters. The van der Waals surface area contributed by atoms with Gasteiger partial charge in [-0.05, 0) is 63.8 Å². The standard InChI is InChI=1S/C17H24ClNO2/c1-6-21-13-7-8-15-14(9-13)11(2)10-17(4,5)19(15)16(20)12(3)18/h7-9,11-12H,6,10H2,1-5H3/t11-,12-/m0/s1. The summed E-state index contributed by atoms with van der Waals surface area (Å²) >= 11 is 6.06. The zero-order valence-corrected chi connectivity index (χ0v) is 14.2. The van der Waals surface area contributed by atoms with E-state index in [1.54, 1.807) is 6.92 Å². The Balaban J connectivity index is 2.52. The summed E-state index contributed by atoms with van der Waals surface area (Å²) < 4.78 is 5.59. The number of ether oxygens (including phenoxy) is 1. The van der Waals surface area contributed by atoms with Crippen molar-refractivity contribution >= 4 is 23.2 Å². The average Bonchev–Trinajstić information content (AvgIpc) is 2.38. The zero-order valence-electron chi connectivity index (χ0n) is 13.4. The third-order valence-electron chi connectivity index (χ3n) is 4.05. The van der Waals surface area contributed by atoms with Crippen LogP contribution in [-0.2, 0) is 4.79 Å². The summed E-state index contributed by atoms with van der Waals surface area (Å²) in [6.45, 7) is 10.7. The average molecular weight is 310 g/mol. The van der Waals surface area contributed by atoms with E-state index in [0.29, 0.717) is 12.5 Å². The Morgan fingerprint density at radius 2 is 2.19 bits per heavy atom. The fourth-order valence-electron chi connectivity index (χ4n) is 3.26. The van der Waals surface area contributed by atoms with Crippen LogP contribution < -0.4 is 9.64 Å². The number of benzene rings is 1. The molecule has 1 heterocycles. The lowest BCUT2D eigenvalue weighted by Gasteiger charge is -2.46. The number of anilines is 1. The van der Waals surface area contributed by atoms with Crippen LogP contribution in [0.3, 0.4) is 0 Å². The molecule has 1 aromatic rings. The number of halogens is 1. The second-order valence-electron chi connectivity index (χ2n) is 6.36. The van der Waals surface area contributed by atoms with E-state index < -0.39 is 5.38 Å². The molecule has 3 nitrogen and oxygen atoms in total. The van der Waals surface area contributed by atoms with Gasteiger partial charge in [-0.15, -0.1) is 11.6 Å². The third kappa shape index (κ3) is 3.03. The van der Waals surface area contributed by atoms with Crippen molar-refractivity contribution in [3.63, 3.8) is 0 Å². The first-order valence-corrected chi connectivity index (χ1v) is 7.96. The van der Waals surface area contributed by atoms with Crippen LogP contribution in [0.2, 0.25) is 0 Å². The van der Waals surface area contributed by atoms with Gasteiger partial charge in [-0.25, -0.2) is 0 Å². The SMILES string of the molecule is CCOc1ccc2c(c1)[C@@H](C)CC(C)(C)N2C(=O)[C@H](C)Cl. The van der Waals surface area contributed by atoms with E-state index in [1.807, 2.05) is 24.0 Å². The molecule has 0 radical (unpaired) electrons. The van der Waals surface area contributed by atoms with E-state index in [-0.39, 0.29) is 11.4 Å². The van der Waals surface area contributed by atoms with Crippen molar-refractivity contribution in [1.82, 2.24) is 0 Å². The molecule has 2 atom stereocenters. The number of alkyl halides is 1. The minimum atomic E-state index is -0.530. The summed E-state index contributed by atoms with van der Waals surface area (Å²) in [6, 6.07) is 5.96. The summed E-state index contributed by atoms with van der Waals surface area (Å²) in [4.78, 5) is 14.4. The molecular weight excluding hydrogens is 286 g/mol. The summed E-state index contributed by atoms with van der Waals surface area (Å²) in [5.74, 6) is 1.19. The number of amides is 1. The van der Waals surface area contributed by atoms with Gasteiger partial charge in [0.1, 0.15) is 11.1 Å². The number of hydrogen-bond acceptors (Lipinski definition) is 2. The zero-order chi connectivity index (χ0) is 15.8. The Morgan fingerprint density at radius 3 is 2.76 bits per heavy atom. The van der Waals surface area contributed by atoms with Gasteiger partial charge in [0.2, 0.25) is 5.91 Å². The molecular formula is C17H24ClNO2. The number of carbonyl (C=O) groups excluding carboxylic acids is 1. The first-order chi connectivity index (χ1) is 9.77. The van der Waals surface area contributed by atoms with Crippen LogP contribution in [0.4, 0.5) is 5.69 Å². The molecule has 21 heavy (non-hydrogen) atoms. The number of fused-ring (bicyclic) bond motifs is 1. The molecule has 1 aromatic carbocycles. The van der Waals surface area contributed by atoms with E-state index in [4.69, 9.17) is 16.3 Å². The molecule has 0 spiro atoms. The number of nitrogens with zero attached hydrogens (tertiary/aromatic N) is 1. The maximum absolute atomic E-state index is 12.6. The molecule has 1 aliphatic rings. The van der Waals surface area contributed by atoms with Crippen molar-refractivity contribution in [1.29, 1.82) is 0 Å². The van der Waals surface area contributed by atoms with E-state index >= 15 is 0 Å². The van der Waals surface area contributed by atoms with Crippen LogP contribution in [-0.4, -0.2) is 23.4 Å². The summed E-state index contributed by atoms with van der Waals surface area (Å²) in [5, 5.41) is -0.530. The van der Waals surface area contributed by atoms with Crippen molar-refractivity contribution in [3.8, 4) is 5.75 Å². The predicted molar refractivity (Wildman–Crippen MR) is 87.5 cm³/mol. The Morgan fingerprint density at radius 1 is 1.52 bits per heavy atom. The Bertz CT molecular complexity index is 540. The van der Waals surface area contributed by atoms with Gasteiger partial charge < -0.3 is 9.64 Å². The Hall–Kier alpha value is -1.22. The van der Waals surface area contributed by atoms with Gasteiger partial charge in [-0.1, -0.05) is 6.92 Å². The lowest BCUT2D eigenvalue weighted by atomic mass is 9.80. The predicted octanol–water partition coefficient (Wildman–Crippen LogP) is 4.33. The van der Waals surface area contributed by atoms with Crippen molar-refractivity contribution in [2.75, 3.05) is 11.5 Å². The summed E-state index contributed by atoms with van der Waals surface area (Å²) in [7, 11) is 0. The maximum Gasteiger partial charge on any atom is 0.245 e. The molecule has 1 aliphatic heterocycles. The van der Waals surface area contributed by atoms with Crippen LogP contribution in [0, 0.1) is 0 Å². The highest BCUT2D eigenvalue weighted by atomic mass is 35.5. The van der Waals surface area contributed by atoms with Crippen molar-refractivity contribution < 1.29 is 9.53 Å². The van der Waals surface area contributed by atoms with Gasteiger partial charge in [-0.3, -0.25) is 4.79 Å². The van der Waals surface area contributed by atoms with Crippen LogP contribution in [0.25, 0.3) is 0 Å². The lowest BCUT2D eigenvalue weighted by Crippen LogP contribution is -2.53. The second kappa shape index (κ2) is 5.88. The largest absolute Gasteiger partial charge is 0.494 e. The number of rotatable bonds is 3. The minimum Gasteiger partial charge on any atom is -0.494 e. The fraction of sp³-hybridized carbons (Fsp3) is 0.588. The van der Waals surface area contributed by atoms with Crippen molar-refractivity contribution in [3.05, 3.63) is 23.8 Å². The highest BCUT2D eigenvalue weighted by Gasteiger charge is 2.41. The number of hydrogen-bond donors (Lipinski definition) is 0. The smallest absolute Gasteiger partial charge is 0.245 e. The Labute approximate surface area is 132 Å². The monoisotopic (exact) mass is 309 g/mol. The van der Waals surface area contributed by atoms with E-state index in [1.165, 1.54) is 0 Å². The molecule has 0 aliphatic carbocycles. The van der Waals surface area contributed by atoms with Gasteiger partial charge in [0.15, 0.2) is 0 Å². The highest BCUT2D eigenvalue weighted by molar-refractivity contribution is 6.32. The molecule has 4 heteroatoms. The molecule has 0 aromatic heterocycles. The number of carbonyl (C=O) groups is 1. The van der Waals surface area contributed by atoms with Gasteiger partial charge in [0.25, 0.3) is 0 Å². The molecule has 0 fully saturated rings. The van der Waals surface area contributed by atoms with Crippen molar-refractivity contribution in [2.45, 2.75) is 57.9 Å². The normalized spacial score (nSPS) is 21.6. The van der Waals surface area contributed by atoms with Gasteiger partial charge in [0, 0.05) is 11.2 Å². The maximum atomic E-state index is 12.6. The van der Waals surface area contributed by atoms with Crippen LogP contribution in [0.1, 0.15) is 52.5 Å². The topological polar surface area (TPSA) is 29.5 Å². The molecule has 116 valence electrons. The fourth-order valence-corrected chi connectivity index (χ4v) is 3.36. The van der Waals surface area contributed by atoms with Crippen LogP contribution in [0.15, 0.2) is 18.2 Å². The quantitative estimate of drug-likeness (QED) is 0.778. The van der Waals surface area contributed by atoms with Gasteiger partial charge in [0.05, 0.1) is 6.61 Å². The van der Waals surface area contributed by atoms with E-state index in [2.05, 4.69) is 26.8 Å². The molecule has 0 bridgehead atoms. The highest BCUT2D eigenvalue weighted by Crippen LogP contribution is 2.45. The molecule has 2 rings (SSSR count). The van der Waals surface area contributed by atoms with Crippen LogP contribution in [0.5, 0.6) is 5.75 Å². The summed E-state index contributed by atoms with van der Waals surface area (Å²) in [6.07, 6.45) is 0.908. The van der Waals surface area contributed by atoms with Gasteiger partial charge in [-0.2, -0.15) is 0 Å². The lowest BCUT2D eigenvalue weighted by molar-refractivity contribution is -0.119. The molecule has 1 amide bonds. The Kier molecular flexibility index (Phi) is 4.52. The molecule has 0 saturated heterocycles. The molecule has 0 N–H and O–H groups in total. The first kappa shape index (κ1) is 16.2. The summed E-state index contributed by atoms with van der Waals surface area (Å²) in [5.41, 5.74) is 1.88. The second-order valence-corrected chi connectivity index (χ2v) is 7.02. The van der Waals surface area contributed by atoms with Crippen molar-refractivity contribution in [2.24, 2.45) is 0 Å². The molecule has 0 saturated carbocycles. The van der Waals surface area contributed by atoms with Gasteiger partial charge >= 0.3 is 0 Å². The minimum absolute atomic E-state index is 0.0426. The van der Waals surface area contributed by atoms with E-state index in [9.17, 15) is 4.79 Å². The third-order valence-corrected chi connectivity index (χ3v) is 4.24.